The second-order valence-corrected chi connectivity index (χ2v) is 6.37. The van der Waals surface area contributed by atoms with Crippen molar-refractivity contribution < 1.29 is 8.42 Å². The van der Waals surface area contributed by atoms with Gasteiger partial charge in [0.25, 0.3) is 10.0 Å². The number of hydrogen-bond donors (Lipinski definition) is 2. The molecule has 0 bridgehead atoms. The first kappa shape index (κ1) is 14.5. The van der Waals surface area contributed by atoms with Gasteiger partial charge in [-0.3, -0.25) is 9.40 Å². The number of aryl methyl sites for hydroxylation is 2. The Labute approximate surface area is 118 Å². The van der Waals surface area contributed by atoms with E-state index in [9.17, 15) is 8.42 Å². The summed E-state index contributed by atoms with van der Waals surface area (Å²) >= 11 is 0. The SMILES string of the molecule is Cc1cc(CN)cc(S(=O)(=O)Nc2ccn(C)n2)c1C. The molecule has 6 nitrogen and oxygen atoms in total. The van der Waals surface area contributed by atoms with Crippen molar-refractivity contribution in [3.05, 3.63) is 41.1 Å². The summed E-state index contributed by atoms with van der Waals surface area (Å²) in [6.07, 6.45) is 1.67. The molecule has 2 rings (SSSR count). The summed E-state index contributed by atoms with van der Waals surface area (Å²) in [6.45, 7) is 3.95. The van der Waals surface area contributed by atoms with Gasteiger partial charge in [0, 0.05) is 25.9 Å². The highest BCUT2D eigenvalue weighted by atomic mass is 32.2. The topological polar surface area (TPSA) is 90.0 Å². The predicted molar refractivity (Wildman–Crippen MR) is 77.8 cm³/mol. The molecule has 0 spiro atoms. The standard InChI is InChI=1S/C13H18N4O2S/c1-9-6-11(8-14)7-12(10(9)2)20(18,19)16-13-4-5-17(3)15-13/h4-7H,8,14H2,1-3H3,(H,15,16). The number of sulfonamides is 1. The summed E-state index contributed by atoms with van der Waals surface area (Å²) in [5, 5.41) is 4.02. The monoisotopic (exact) mass is 294 g/mol. The molecule has 108 valence electrons. The largest absolute Gasteiger partial charge is 0.326 e. The molecule has 0 aliphatic rings. The summed E-state index contributed by atoms with van der Waals surface area (Å²) < 4.78 is 28.9. The van der Waals surface area contributed by atoms with E-state index in [2.05, 4.69) is 9.82 Å². The number of nitrogens with two attached hydrogens (primary N) is 1. The lowest BCUT2D eigenvalue weighted by atomic mass is 10.1. The van der Waals surface area contributed by atoms with E-state index in [1.807, 2.05) is 13.0 Å². The fraction of sp³-hybridized carbons (Fsp3) is 0.308. The Morgan fingerprint density at radius 1 is 1.35 bits per heavy atom. The van der Waals surface area contributed by atoms with Gasteiger partial charge in [-0.25, -0.2) is 8.42 Å². The van der Waals surface area contributed by atoms with Crippen molar-refractivity contribution in [2.75, 3.05) is 4.72 Å². The molecule has 0 aliphatic carbocycles. The highest BCUT2D eigenvalue weighted by Gasteiger charge is 2.19. The van der Waals surface area contributed by atoms with E-state index >= 15 is 0 Å². The molecular formula is C13H18N4O2S. The van der Waals surface area contributed by atoms with Crippen LogP contribution in [0.3, 0.4) is 0 Å². The van der Waals surface area contributed by atoms with E-state index < -0.39 is 10.0 Å². The van der Waals surface area contributed by atoms with E-state index in [0.29, 0.717) is 17.9 Å². The van der Waals surface area contributed by atoms with E-state index in [1.165, 1.54) is 4.68 Å². The number of nitrogens with one attached hydrogen (secondary N) is 1. The predicted octanol–water partition coefficient (Wildman–Crippen LogP) is 1.30. The average molecular weight is 294 g/mol. The van der Waals surface area contributed by atoms with Crippen LogP contribution in [0.1, 0.15) is 16.7 Å². The minimum atomic E-state index is -3.67. The maximum absolute atomic E-state index is 12.5. The van der Waals surface area contributed by atoms with Crippen LogP contribution in [0.2, 0.25) is 0 Å². The number of benzene rings is 1. The molecule has 1 aromatic heterocycles. The van der Waals surface area contributed by atoms with Gasteiger partial charge in [-0.05, 0) is 36.6 Å². The summed E-state index contributed by atoms with van der Waals surface area (Å²) in [5.41, 5.74) is 8.00. The van der Waals surface area contributed by atoms with Crippen molar-refractivity contribution in [1.29, 1.82) is 0 Å². The summed E-state index contributed by atoms with van der Waals surface area (Å²) in [4.78, 5) is 0.239. The van der Waals surface area contributed by atoms with Crippen molar-refractivity contribution in [2.24, 2.45) is 12.8 Å². The molecule has 7 heteroatoms. The van der Waals surface area contributed by atoms with Gasteiger partial charge >= 0.3 is 0 Å². The van der Waals surface area contributed by atoms with E-state index in [1.54, 1.807) is 32.3 Å². The van der Waals surface area contributed by atoms with Gasteiger partial charge in [0.1, 0.15) is 0 Å². The van der Waals surface area contributed by atoms with Crippen LogP contribution in [0.5, 0.6) is 0 Å². The molecule has 0 amide bonds. The third kappa shape index (κ3) is 2.83. The number of anilines is 1. The van der Waals surface area contributed by atoms with Crippen LogP contribution < -0.4 is 10.5 Å². The van der Waals surface area contributed by atoms with Crippen LogP contribution in [0.4, 0.5) is 5.82 Å². The fourth-order valence-corrected chi connectivity index (χ4v) is 3.32. The Morgan fingerprint density at radius 3 is 2.60 bits per heavy atom. The molecule has 3 N–H and O–H groups in total. The van der Waals surface area contributed by atoms with Crippen LogP contribution in [0, 0.1) is 13.8 Å². The maximum atomic E-state index is 12.5. The fourth-order valence-electron chi connectivity index (χ4n) is 1.96. The first-order chi connectivity index (χ1) is 9.33. The molecule has 0 fully saturated rings. The number of aromatic nitrogens is 2. The number of hydrogen-bond acceptors (Lipinski definition) is 4. The van der Waals surface area contributed by atoms with Gasteiger partial charge < -0.3 is 5.73 Å². The minimum absolute atomic E-state index is 0.239. The van der Waals surface area contributed by atoms with Gasteiger partial charge in [0.15, 0.2) is 5.82 Å². The molecule has 2 aromatic rings. The van der Waals surface area contributed by atoms with Gasteiger partial charge in [0.2, 0.25) is 0 Å². The Hall–Kier alpha value is -1.86. The lowest BCUT2D eigenvalue weighted by Crippen LogP contribution is -2.16. The molecule has 0 aliphatic heterocycles. The lowest BCUT2D eigenvalue weighted by Gasteiger charge is -2.12. The quantitative estimate of drug-likeness (QED) is 0.889. The van der Waals surface area contributed by atoms with Crippen molar-refractivity contribution in [3.63, 3.8) is 0 Å². The maximum Gasteiger partial charge on any atom is 0.263 e. The zero-order chi connectivity index (χ0) is 14.9. The molecule has 0 atom stereocenters. The smallest absolute Gasteiger partial charge is 0.263 e. The normalized spacial score (nSPS) is 11.6. The van der Waals surface area contributed by atoms with Crippen LogP contribution >= 0.6 is 0 Å². The Balaban J connectivity index is 2.46. The second kappa shape index (κ2) is 5.26. The van der Waals surface area contributed by atoms with Crippen LogP contribution in [-0.2, 0) is 23.6 Å². The minimum Gasteiger partial charge on any atom is -0.326 e. The highest BCUT2D eigenvalue weighted by Crippen LogP contribution is 2.23. The zero-order valence-electron chi connectivity index (χ0n) is 11.7. The molecule has 1 aromatic carbocycles. The first-order valence-electron chi connectivity index (χ1n) is 6.16. The van der Waals surface area contributed by atoms with Gasteiger partial charge in [-0.15, -0.1) is 0 Å². The molecule has 0 saturated carbocycles. The third-order valence-corrected chi connectivity index (χ3v) is 4.64. The molecule has 0 saturated heterocycles. The Kier molecular flexibility index (Phi) is 3.82. The van der Waals surface area contributed by atoms with Crippen molar-refractivity contribution in [3.8, 4) is 0 Å². The van der Waals surface area contributed by atoms with Crippen molar-refractivity contribution >= 4 is 15.8 Å². The third-order valence-electron chi connectivity index (χ3n) is 3.16. The summed E-state index contributed by atoms with van der Waals surface area (Å²) in [6, 6.07) is 5.11. The number of nitrogens with zero attached hydrogens (tertiary/aromatic N) is 2. The van der Waals surface area contributed by atoms with Crippen LogP contribution in [0.15, 0.2) is 29.3 Å². The summed E-state index contributed by atoms with van der Waals surface area (Å²) in [7, 11) is -1.94. The Bertz CT molecular complexity index is 735. The van der Waals surface area contributed by atoms with Crippen LogP contribution in [0.25, 0.3) is 0 Å². The van der Waals surface area contributed by atoms with Crippen molar-refractivity contribution in [2.45, 2.75) is 25.3 Å². The first-order valence-corrected chi connectivity index (χ1v) is 7.64. The van der Waals surface area contributed by atoms with E-state index in [4.69, 9.17) is 5.73 Å². The second-order valence-electron chi connectivity index (χ2n) is 4.72. The average Bonchev–Trinajstić information content (AvgIpc) is 2.76. The zero-order valence-corrected chi connectivity index (χ0v) is 12.5. The van der Waals surface area contributed by atoms with Gasteiger partial charge in [0.05, 0.1) is 4.90 Å². The highest BCUT2D eigenvalue weighted by molar-refractivity contribution is 7.92. The summed E-state index contributed by atoms with van der Waals surface area (Å²) in [5.74, 6) is 0.294. The molecule has 0 radical (unpaired) electrons. The van der Waals surface area contributed by atoms with Gasteiger partial charge in [-0.2, -0.15) is 5.10 Å². The van der Waals surface area contributed by atoms with E-state index in [-0.39, 0.29) is 4.90 Å². The van der Waals surface area contributed by atoms with Gasteiger partial charge in [-0.1, -0.05) is 6.07 Å². The lowest BCUT2D eigenvalue weighted by molar-refractivity contribution is 0.600. The Morgan fingerprint density at radius 2 is 2.05 bits per heavy atom. The molecule has 0 unspecified atom stereocenters. The molecule has 20 heavy (non-hydrogen) atoms. The van der Waals surface area contributed by atoms with E-state index in [0.717, 1.165) is 11.1 Å². The molecular weight excluding hydrogens is 276 g/mol. The number of rotatable bonds is 4. The molecule has 1 heterocycles. The van der Waals surface area contributed by atoms with Crippen molar-refractivity contribution in [1.82, 2.24) is 9.78 Å². The van der Waals surface area contributed by atoms with Crippen LogP contribution in [-0.4, -0.2) is 18.2 Å².